The lowest BCUT2D eigenvalue weighted by Gasteiger charge is -2.58. The lowest BCUT2D eigenvalue weighted by Crippen LogP contribution is -2.51. The topological polar surface area (TPSA) is 26.3 Å². The molecule has 242 valence electrons. The molecule has 2 nitrogen and oxygen atoms in total. The molecule has 3 fully saturated rings. The van der Waals surface area contributed by atoms with Crippen LogP contribution in [0.4, 0.5) is 0 Å². The number of esters is 1. The molecule has 4 aliphatic carbocycles. The van der Waals surface area contributed by atoms with Crippen LogP contribution in [0, 0.1) is 46.3 Å². The minimum atomic E-state index is -0.159. The summed E-state index contributed by atoms with van der Waals surface area (Å²) in [7, 11) is 0. The third-order valence-electron chi connectivity index (χ3n) is 14.3. The van der Waals surface area contributed by atoms with Gasteiger partial charge in [-0.25, -0.2) is 4.79 Å². The average molecular weight is 615 g/mol. The smallest absolute Gasteiger partial charge is 0.339 e. The van der Waals surface area contributed by atoms with Gasteiger partial charge in [-0.2, -0.15) is 0 Å². The molecule has 0 bridgehead atoms. The molecule has 3 saturated carbocycles. The van der Waals surface area contributed by atoms with E-state index in [-0.39, 0.29) is 17.5 Å². The maximum atomic E-state index is 13.8. The summed E-state index contributed by atoms with van der Waals surface area (Å²) in [5.74, 6) is 4.92. The molecule has 4 aliphatic rings. The predicted octanol–water partition coefficient (Wildman–Crippen LogP) is 12.2. The summed E-state index contributed by atoms with van der Waals surface area (Å²) in [6.07, 6.45) is 16.7. The second-order valence-corrected chi connectivity index (χ2v) is 17.0. The maximum Gasteiger partial charge on any atom is 0.339 e. The Morgan fingerprint density at radius 2 is 1.57 bits per heavy atom. The van der Waals surface area contributed by atoms with Gasteiger partial charge in [0.05, 0.1) is 5.56 Å². The first-order valence-electron chi connectivity index (χ1n) is 18.7. The van der Waals surface area contributed by atoms with Gasteiger partial charge in [-0.05, 0) is 130 Å². The molecule has 4 aromatic carbocycles. The maximum absolute atomic E-state index is 13.8. The SMILES string of the molecule is CC(C)CCC[C@@H](C)[C@H]1CC[C@@H]2[C@@H]3CC=C4C[C@@H](OC(=O)c5ccc6ccc7cccc8ccc5c6c78)CC[C@]4(C)[C@@H]3CC[C@@]21C. The Morgan fingerprint density at radius 3 is 2.35 bits per heavy atom. The number of hydrogen-bond donors (Lipinski definition) is 0. The van der Waals surface area contributed by atoms with Crippen molar-refractivity contribution in [2.24, 2.45) is 46.3 Å². The molecule has 0 aromatic heterocycles. The van der Waals surface area contributed by atoms with Crippen LogP contribution in [0.3, 0.4) is 0 Å². The standard InChI is InChI=1S/C44H54O2/c1-27(2)8-6-9-28(3)37-20-21-38-36-19-16-32-26-33(22-24-43(32,4)39(36)23-25-44(37,38)5)46-42(45)35-18-15-31-13-12-29-10-7-11-30-14-17-34(35)41(31)40(29)30/h7,10-18,27-28,33,36-39H,6,8-9,19-26H2,1-5H3/t28-,33+,36+,37-,38-,39-,43+,44-/m1/s1. The van der Waals surface area contributed by atoms with Gasteiger partial charge >= 0.3 is 5.97 Å². The van der Waals surface area contributed by atoms with Crippen LogP contribution in [-0.4, -0.2) is 12.1 Å². The number of carbonyl (C=O) groups is 1. The highest BCUT2D eigenvalue weighted by Gasteiger charge is 2.59. The molecule has 4 aromatic rings. The Balaban J connectivity index is 0.985. The molecule has 2 heteroatoms. The van der Waals surface area contributed by atoms with E-state index in [1.165, 1.54) is 78.3 Å². The lowest BCUT2D eigenvalue weighted by molar-refractivity contribution is -0.0594. The Kier molecular flexibility index (Phi) is 7.54. The van der Waals surface area contributed by atoms with E-state index >= 15 is 0 Å². The van der Waals surface area contributed by atoms with E-state index in [4.69, 9.17) is 4.74 Å². The molecular weight excluding hydrogens is 560 g/mol. The van der Waals surface area contributed by atoms with E-state index in [0.29, 0.717) is 11.0 Å². The Bertz CT molecular complexity index is 1780. The minimum Gasteiger partial charge on any atom is -0.458 e. The van der Waals surface area contributed by atoms with Crippen LogP contribution in [0.2, 0.25) is 0 Å². The molecule has 0 aliphatic heterocycles. The van der Waals surface area contributed by atoms with Gasteiger partial charge in [-0.15, -0.1) is 0 Å². The van der Waals surface area contributed by atoms with Gasteiger partial charge in [0.1, 0.15) is 6.10 Å². The fourth-order valence-electron chi connectivity index (χ4n) is 11.9. The molecule has 8 atom stereocenters. The summed E-state index contributed by atoms with van der Waals surface area (Å²) in [4.78, 5) is 13.8. The Hall–Kier alpha value is -2.87. The van der Waals surface area contributed by atoms with E-state index in [0.717, 1.165) is 60.2 Å². The second-order valence-electron chi connectivity index (χ2n) is 17.0. The van der Waals surface area contributed by atoms with Gasteiger partial charge in [-0.1, -0.05) is 114 Å². The first kappa shape index (κ1) is 30.5. The number of ether oxygens (including phenoxy) is 1. The molecule has 0 amide bonds. The van der Waals surface area contributed by atoms with E-state index in [2.05, 4.69) is 89.2 Å². The van der Waals surface area contributed by atoms with Crippen molar-refractivity contribution in [2.75, 3.05) is 0 Å². The van der Waals surface area contributed by atoms with Gasteiger partial charge in [-0.3, -0.25) is 0 Å². The van der Waals surface area contributed by atoms with Crippen molar-refractivity contribution >= 4 is 38.3 Å². The predicted molar refractivity (Wildman–Crippen MR) is 192 cm³/mol. The van der Waals surface area contributed by atoms with E-state index < -0.39 is 0 Å². The number of hydrogen-bond acceptors (Lipinski definition) is 2. The van der Waals surface area contributed by atoms with Crippen molar-refractivity contribution in [1.82, 2.24) is 0 Å². The highest BCUT2D eigenvalue weighted by Crippen LogP contribution is 2.67. The molecule has 0 heterocycles. The van der Waals surface area contributed by atoms with Crippen molar-refractivity contribution in [3.05, 3.63) is 71.8 Å². The van der Waals surface area contributed by atoms with Gasteiger partial charge in [0.2, 0.25) is 0 Å². The van der Waals surface area contributed by atoms with E-state index in [9.17, 15) is 4.79 Å². The number of carbonyl (C=O) groups excluding carboxylic acids is 1. The normalized spacial score (nSPS) is 33.2. The Labute approximate surface area is 276 Å². The van der Waals surface area contributed by atoms with Crippen molar-refractivity contribution in [3.8, 4) is 0 Å². The van der Waals surface area contributed by atoms with E-state index in [1.54, 1.807) is 5.57 Å². The largest absolute Gasteiger partial charge is 0.458 e. The van der Waals surface area contributed by atoms with Crippen LogP contribution in [0.25, 0.3) is 32.3 Å². The second kappa shape index (κ2) is 11.4. The summed E-state index contributed by atoms with van der Waals surface area (Å²) in [5, 5.41) is 7.08. The fourth-order valence-corrected chi connectivity index (χ4v) is 11.9. The molecular formula is C44H54O2. The zero-order valence-electron chi connectivity index (χ0n) is 28.9. The zero-order chi connectivity index (χ0) is 31.8. The lowest BCUT2D eigenvalue weighted by atomic mass is 9.47. The molecule has 46 heavy (non-hydrogen) atoms. The van der Waals surface area contributed by atoms with Crippen molar-refractivity contribution in [2.45, 2.75) is 111 Å². The highest BCUT2D eigenvalue weighted by molar-refractivity contribution is 6.25. The Morgan fingerprint density at radius 1 is 0.826 bits per heavy atom. The van der Waals surface area contributed by atoms with Crippen molar-refractivity contribution in [1.29, 1.82) is 0 Å². The van der Waals surface area contributed by atoms with E-state index in [1.807, 2.05) is 6.07 Å². The quantitative estimate of drug-likeness (QED) is 0.118. The number of benzene rings is 4. The number of fused-ring (bicyclic) bond motifs is 5. The molecule has 0 spiro atoms. The van der Waals surface area contributed by atoms with Crippen LogP contribution < -0.4 is 0 Å². The summed E-state index contributed by atoms with van der Waals surface area (Å²) in [6, 6.07) is 19.2. The van der Waals surface area contributed by atoms with Crippen LogP contribution in [-0.2, 0) is 4.74 Å². The van der Waals surface area contributed by atoms with Crippen LogP contribution in [0.5, 0.6) is 0 Å². The van der Waals surface area contributed by atoms with Gasteiger partial charge in [0.25, 0.3) is 0 Å². The number of allylic oxidation sites excluding steroid dienone is 1. The number of rotatable bonds is 7. The molecule has 8 rings (SSSR count). The third-order valence-corrected chi connectivity index (χ3v) is 14.3. The molecule has 0 radical (unpaired) electrons. The molecule has 0 N–H and O–H groups in total. The average Bonchev–Trinajstić information content (AvgIpc) is 3.41. The molecule has 0 saturated heterocycles. The summed E-state index contributed by atoms with van der Waals surface area (Å²) in [5.41, 5.74) is 3.08. The first-order chi connectivity index (χ1) is 22.2. The molecule has 0 unspecified atom stereocenters. The zero-order valence-corrected chi connectivity index (χ0v) is 28.9. The highest BCUT2D eigenvalue weighted by atomic mass is 16.5. The van der Waals surface area contributed by atoms with Crippen LogP contribution in [0.1, 0.15) is 116 Å². The monoisotopic (exact) mass is 614 g/mol. The summed E-state index contributed by atoms with van der Waals surface area (Å²) in [6.45, 7) is 12.6. The first-order valence-corrected chi connectivity index (χ1v) is 18.7. The summed E-state index contributed by atoms with van der Waals surface area (Å²) >= 11 is 0. The summed E-state index contributed by atoms with van der Waals surface area (Å²) < 4.78 is 6.39. The van der Waals surface area contributed by atoms with Crippen molar-refractivity contribution in [3.63, 3.8) is 0 Å². The van der Waals surface area contributed by atoms with Crippen molar-refractivity contribution < 1.29 is 9.53 Å². The van der Waals surface area contributed by atoms with Crippen LogP contribution in [0.15, 0.2) is 66.2 Å². The fraction of sp³-hybridized carbons (Fsp3) is 0.568. The third kappa shape index (κ3) is 4.75. The van der Waals surface area contributed by atoms with Crippen LogP contribution >= 0.6 is 0 Å². The minimum absolute atomic E-state index is 0.0293. The van der Waals surface area contributed by atoms with Gasteiger partial charge < -0.3 is 4.74 Å². The van der Waals surface area contributed by atoms with Gasteiger partial charge in [0.15, 0.2) is 0 Å². The van der Waals surface area contributed by atoms with Gasteiger partial charge in [0, 0.05) is 6.42 Å².